The molecule has 0 unspecified atom stereocenters. The first-order valence-electron chi connectivity index (χ1n) is 9.35. The molecule has 0 spiro atoms. The molecule has 1 atom stereocenters. The lowest BCUT2D eigenvalue weighted by atomic mass is 9.98. The van der Waals surface area contributed by atoms with Crippen LogP contribution >= 0.6 is 0 Å². The van der Waals surface area contributed by atoms with E-state index in [1.807, 2.05) is 54.6 Å². The fourth-order valence-corrected chi connectivity index (χ4v) is 3.51. The Labute approximate surface area is 171 Å². The molecule has 0 aliphatic carbocycles. The second-order valence-corrected chi connectivity index (χ2v) is 6.84. The summed E-state index contributed by atoms with van der Waals surface area (Å²) < 4.78 is 1.66. The van der Waals surface area contributed by atoms with Gasteiger partial charge in [-0.1, -0.05) is 24.3 Å². The van der Waals surface area contributed by atoms with Gasteiger partial charge in [0.25, 0.3) is 0 Å². The van der Waals surface area contributed by atoms with Crippen molar-refractivity contribution < 1.29 is 0 Å². The summed E-state index contributed by atoms with van der Waals surface area (Å²) in [5, 5.41) is 31.5. The van der Waals surface area contributed by atoms with Crippen LogP contribution in [0.1, 0.15) is 22.9 Å². The highest BCUT2D eigenvalue weighted by molar-refractivity contribution is 5.81. The minimum absolute atomic E-state index is 0.405. The summed E-state index contributed by atoms with van der Waals surface area (Å²) in [6, 6.07) is 22.9. The number of nitrogens with one attached hydrogen (secondary N) is 1. The molecule has 0 amide bonds. The van der Waals surface area contributed by atoms with Gasteiger partial charge in [0, 0.05) is 23.4 Å². The van der Waals surface area contributed by atoms with Crippen molar-refractivity contribution in [3.05, 3.63) is 89.9 Å². The second kappa shape index (κ2) is 7.18. The van der Waals surface area contributed by atoms with Crippen molar-refractivity contribution in [2.45, 2.75) is 5.92 Å². The molecule has 3 heterocycles. The number of rotatable bonds is 4. The molecule has 7 nitrogen and oxygen atoms in total. The van der Waals surface area contributed by atoms with Crippen LogP contribution in [0.3, 0.4) is 0 Å². The molecule has 0 fully saturated rings. The molecular weight excluding hydrogens is 374 g/mol. The maximum absolute atomic E-state index is 9.17. The van der Waals surface area contributed by atoms with Crippen LogP contribution < -0.4 is 0 Å². The first-order chi connectivity index (χ1) is 14.8. The number of hydrogen-bond donors (Lipinski definition) is 1. The van der Waals surface area contributed by atoms with E-state index in [2.05, 4.69) is 21.3 Å². The standard InChI is InChI=1S/C23H15N7/c24-13-15-3-1-4-17(11-15)21-8-9-22-27-28-23(30(22)29-21)19(14-25)16-6-7-20-18(12-16)5-2-10-26-20/h1-12,14,19,25H/t19-/m0/s1. The fraction of sp³-hybridized carbons (Fsp3) is 0.0435. The molecule has 2 aromatic carbocycles. The highest BCUT2D eigenvalue weighted by atomic mass is 15.4. The van der Waals surface area contributed by atoms with Gasteiger partial charge in [0.1, 0.15) is 0 Å². The van der Waals surface area contributed by atoms with E-state index in [1.54, 1.807) is 22.8 Å². The quantitative estimate of drug-likeness (QED) is 0.468. The van der Waals surface area contributed by atoms with Gasteiger partial charge in [-0.3, -0.25) is 4.98 Å². The fourth-order valence-electron chi connectivity index (χ4n) is 3.51. The first kappa shape index (κ1) is 17.6. The van der Waals surface area contributed by atoms with Gasteiger partial charge in [-0.05, 0) is 48.0 Å². The first-order valence-corrected chi connectivity index (χ1v) is 9.35. The maximum Gasteiger partial charge on any atom is 0.177 e. The summed E-state index contributed by atoms with van der Waals surface area (Å²) in [5.41, 5.74) is 4.51. The molecule has 30 heavy (non-hydrogen) atoms. The number of nitriles is 1. The van der Waals surface area contributed by atoms with Crippen LogP contribution in [-0.2, 0) is 0 Å². The van der Waals surface area contributed by atoms with Crippen molar-refractivity contribution >= 4 is 22.8 Å². The summed E-state index contributed by atoms with van der Waals surface area (Å²) in [4.78, 5) is 4.35. The van der Waals surface area contributed by atoms with Crippen LogP contribution in [0.25, 0.3) is 27.8 Å². The molecular formula is C23H15N7. The van der Waals surface area contributed by atoms with Crippen LogP contribution in [0, 0.1) is 16.7 Å². The van der Waals surface area contributed by atoms with Gasteiger partial charge >= 0.3 is 0 Å². The van der Waals surface area contributed by atoms with E-state index in [9.17, 15) is 5.26 Å². The van der Waals surface area contributed by atoms with E-state index >= 15 is 0 Å². The van der Waals surface area contributed by atoms with Crippen LogP contribution in [0.15, 0.2) is 72.9 Å². The van der Waals surface area contributed by atoms with Crippen LogP contribution in [0.4, 0.5) is 0 Å². The monoisotopic (exact) mass is 389 g/mol. The van der Waals surface area contributed by atoms with Crippen LogP contribution in [0.5, 0.6) is 0 Å². The molecule has 3 aromatic heterocycles. The van der Waals surface area contributed by atoms with Gasteiger partial charge in [-0.25, -0.2) is 0 Å². The largest absolute Gasteiger partial charge is 0.312 e. The Kier molecular flexibility index (Phi) is 4.23. The van der Waals surface area contributed by atoms with Gasteiger partial charge in [0.2, 0.25) is 0 Å². The zero-order valence-corrected chi connectivity index (χ0v) is 15.8. The van der Waals surface area contributed by atoms with E-state index in [0.717, 1.165) is 22.0 Å². The SMILES string of the molecule is N#Cc1cccc(-c2ccc3nnc([C@@H](C=N)c4ccc5ncccc5c4)n3n2)c1. The van der Waals surface area contributed by atoms with Crippen molar-refractivity contribution in [2.75, 3.05) is 0 Å². The summed E-state index contributed by atoms with van der Waals surface area (Å²) in [5.74, 6) is 0.152. The normalized spacial score (nSPS) is 12.0. The molecule has 7 heteroatoms. The predicted octanol–water partition coefficient (Wildman–Crippen LogP) is 3.99. The number of pyridine rings is 1. The summed E-state index contributed by atoms with van der Waals surface area (Å²) >= 11 is 0. The molecule has 142 valence electrons. The third-order valence-corrected chi connectivity index (χ3v) is 5.01. The third kappa shape index (κ3) is 2.97. The van der Waals surface area contributed by atoms with E-state index in [0.29, 0.717) is 22.7 Å². The van der Waals surface area contributed by atoms with Gasteiger partial charge in [0.05, 0.1) is 28.8 Å². The van der Waals surface area contributed by atoms with E-state index in [1.165, 1.54) is 6.21 Å². The highest BCUT2D eigenvalue weighted by Gasteiger charge is 2.20. The maximum atomic E-state index is 9.17. The van der Waals surface area contributed by atoms with Gasteiger partial charge in [0.15, 0.2) is 11.5 Å². The van der Waals surface area contributed by atoms with Gasteiger partial charge < -0.3 is 5.41 Å². The zero-order chi connectivity index (χ0) is 20.5. The number of nitrogens with zero attached hydrogens (tertiary/aromatic N) is 6. The van der Waals surface area contributed by atoms with Crippen LogP contribution in [-0.4, -0.2) is 31.0 Å². The zero-order valence-electron chi connectivity index (χ0n) is 15.8. The minimum atomic E-state index is -0.405. The Hall–Kier alpha value is -4.44. The highest BCUT2D eigenvalue weighted by Crippen LogP contribution is 2.26. The number of benzene rings is 2. The lowest BCUT2D eigenvalue weighted by Gasteiger charge is -2.11. The van der Waals surface area contributed by atoms with Crippen molar-refractivity contribution in [1.82, 2.24) is 24.8 Å². The van der Waals surface area contributed by atoms with Crippen molar-refractivity contribution in [1.29, 1.82) is 10.7 Å². The molecule has 0 aliphatic heterocycles. The Balaban J connectivity index is 1.63. The Morgan fingerprint density at radius 3 is 2.80 bits per heavy atom. The molecule has 0 saturated carbocycles. The molecule has 0 bridgehead atoms. The smallest absolute Gasteiger partial charge is 0.177 e. The second-order valence-electron chi connectivity index (χ2n) is 6.84. The number of fused-ring (bicyclic) bond motifs is 2. The molecule has 5 aromatic rings. The summed E-state index contributed by atoms with van der Waals surface area (Å²) in [7, 11) is 0. The average Bonchev–Trinajstić information content (AvgIpc) is 3.22. The molecule has 0 saturated heterocycles. The topological polar surface area (TPSA) is 104 Å². The predicted molar refractivity (Wildman–Crippen MR) is 113 cm³/mol. The van der Waals surface area contributed by atoms with E-state index in [4.69, 9.17) is 10.5 Å². The Bertz CT molecular complexity index is 1450. The van der Waals surface area contributed by atoms with E-state index in [-0.39, 0.29) is 0 Å². The van der Waals surface area contributed by atoms with Gasteiger partial charge in [-0.2, -0.15) is 14.9 Å². The minimum Gasteiger partial charge on any atom is -0.312 e. The molecule has 1 N–H and O–H groups in total. The lowest BCUT2D eigenvalue weighted by molar-refractivity contribution is 0.817. The number of hydrogen-bond acceptors (Lipinski definition) is 6. The average molecular weight is 389 g/mol. The summed E-state index contributed by atoms with van der Waals surface area (Å²) in [6.07, 6.45) is 3.10. The molecule has 0 radical (unpaired) electrons. The molecule has 0 aliphatic rings. The van der Waals surface area contributed by atoms with Crippen molar-refractivity contribution in [3.8, 4) is 17.3 Å². The molecule has 5 rings (SSSR count). The Morgan fingerprint density at radius 2 is 1.93 bits per heavy atom. The van der Waals surface area contributed by atoms with E-state index < -0.39 is 5.92 Å². The number of aromatic nitrogens is 5. The van der Waals surface area contributed by atoms with Gasteiger partial charge in [-0.15, -0.1) is 10.2 Å². The van der Waals surface area contributed by atoms with Crippen LogP contribution in [0.2, 0.25) is 0 Å². The van der Waals surface area contributed by atoms with Crippen molar-refractivity contribution in [3.63, 3.8) is 0 Å². The lowest BCUT2D eigenvalue weighted by Crippen LogP contribution is -2.09. The summed E-state index contributed by atoms with van der Waals surface area (Å²) in [6.45, 7) is 0. The third-order valence-electron chi connectivity index (χ3n) is 5.01. The van der Waals surface area contributed by atoms with Crippen molar-refractivity contribution in [2.24, 2.45) is 0 Å². The Morgan fingerprint density at radius 1 is 1.00 bits per heavy atom.